The third-order valence-electron chi connectivity index (χ3n) is 7.16. The maximum Gasteiger partial charge on any atom is 0.143 e. The number of furan rings is 2. The van der Waals surface area contributed by atoms with Gasteiger partial charge < -0.3 is 13.7 Å². The van der Waals surface area contributed by atoms with Crippen molar-refractivity contribution < 1.29 is 33.5 Å². The minimum atomic E-state index is -0.933. The molecule has 0 atom stereocenters. The van der Waals surface area contributed by atoms with E-state index in [2.05, 4.69) is 0 Å². The fourth-order valence-corrected chi connectivity index (χ4v) is 5.25. The summed E-state index contributed by atoms with van der Waals surface area (Å²) >= 11 is 0. The molecule has 3 heteroatoms. The summed E-state index contributed by atoms with van der Waals surface area (Å²) in [5, 5.41) is -0.370. The van der Waals surface area contributed by atoms with Crippen molar-refractivity contribution in [1.82, 2.24) is 0 Å². The van der Waals surface area contributed by atoms with Gasteiger partial charge in [0.25, 0.3) is 0 Å². The van der Waals surface area contributed by atoms with E-state index < -0.39 is 153 Å². The lowest BCUT2D eigenvalue weighted by Crippen LogP contribution is -2.10. The summed E-state index contributed by atoms with van der Waals surface area (Å²) in [5.74, 6) is 0. The molecule has 202 valence electrons. The smallest absolute Gasteiger partial charge is 0.143 e. The van der Waals surface area contributed by atoms with Gasteiger partial charge in [-0.05, 0) is 77.0 Å². The number of anilines is 3. The first-order valence-electron chi connectivity index (χ1n) is 22.1. The number of para-hydroxylation sites is 2. The highest BCUT2D eigenvalue weighted by atomic mass is 16.3. The van der Waals surface area contributed by atoms with Gasteiger partial charge in [-0.1, -0.05) is 90.7 Å². The van der Waals surface area contributed by atoms with Gasteiger partial charge in [-0.25, -0.2) is 0 Å². The molecule has 0 saturated carbocycles. The van der Waals surface area contributed by atoms with Crippen LogP contribution in [-0.4, -0.2) is 0 Å². The van der Waals surface area contributed by atoms with Crippen molar-refractivity contribution >= 4 is 71.7 Å². The monoisotopic (exact) mass is 569 g/mol. The average molecular weight is 570 g/mol. The van der Waals surface area contributed by atoms with Crippen molar-refractivity contribution in [1.29, 1.82) is 0 Å². The summed E-state index contributed by atoms with van der Waals surface area (Å²) in [6.07, 6.45) is 0. The summed E-state index contributed by atoms with van der Waals surface area (Å²) in [6.45, 7) is 0. The molecule has 7 aromatic carbocycles. The zero-order valence-electron chi connectivity index (χ0n) is 39.8. The Balaban J connectivity index is 1.47. The predicted octanol–water partition coefficient (Wildman–Crippen LogP) is 11.8. The van der Waals surface area contributed by atoms with Crippen LogP contribution in [0.2, 0.25) is 0 Å². The Morgan fingerprint density at radius 3 is 2.19 bits per heavy atom. The minimum Gasteiger partial charge on any atom is -0.456 e. The summed E-state index contributed by atoms with van der Waals surface area (Å²) < 4.78 is 172. The van der Waals surface area contributed by atoms with Crippen molar-refractivity contribution in [3.8, 4) is 11.1 Å². The minimum absolute atomic E-state index is 0.187. The summed E-state index contributed by atoms with van der Waals surface area (Å²) in [6, 6.07) is -2.30. The molecule has 0 fully saturated rings. The van der Waals surface area contributed by atoms with Crippen LogP contribution in [0.3, 0.4) is 0 Å². The lowest BCUT2D eigenvalue weighted by molar-refractivity contribution is 0.669. The molecule has 9 rings (SSSR count). The molecule has 0 aliphatic heterocycles. The zero-order valence-corrected chi connectivity index (χ0v) is 21.8. The number of hydrogen-bond donors (Lipinski definition) is 0. The van der Waals surface area contributed by atoms with Gasteiger partial charge in [-0.2, -0.15) is 0 Å². The maximum atomic E-state index is 9.46. The Bertz CT molecular complexity index is 3430. The molecule has 0 bridgehead atoms. The molecule has 0 amide bonds. The van der Waals surface area contributed by atoms with E-state index in [4.69, 9.17) is 26.7 Å². The lowest BCUT2D eigenvalue weighted by Gasteiger charge is -2.26. The van der Waals surface area contributed by atoms with E-state index in [0.717, 1.165) is 5.39 Å². The molecular formula is C40H25NO2. The SMILES string of the molecule is [2H]c1c([2H])c([2H])c(N(c2c([2H])c([2H])c(-c3ccc4oc5ccccc5c4c3)c([2H])c2[2H])c2c([2H])c([2H])c([2H])c3oc4c5c([2H])c([2H])c([2H])c([2H])c5c([2H])c([2H])c4c23)c([2H])c1[2H]. The van der Waals surface area contributed by atoms with E-state index in [9.17, 15) is 6.85 Å². The molecule has 0 radical (unpaired) electrons. The third kappa shape index (κ3) is 3.75. The lowest BCUT2D eigenvalue weighted by atomic mass is 10.0. The van der Waals surface area contributed by atoms with Crippen molar-refractivity contribution in [3.05, 3.63) is 151 Å². The van der Waals surface area contributed by atoms with Gasteiger partial charge >= 0.3 is 0 Å². The number of fused-ring (bicyclic) bond motifs is 8. The van der Waals surface area contributed by atoms with Gasteiger partial charge in [0.1, 0.15) is 22.3 Å². The number of nitrogens with zero attached hydrogens (tertiary/aromatic N) is 1. The van der Waals surface area contributed by atoms with Crippen LogP contribution in [0.5, 0.6) is 0 Å². The maximum absolute atomic E-state index is 9.46. The molecule has 0 spiro atoms. The van der Waals surface area contributed by atoms with Gasteiger partial charge in [0.15, 0.2) is 0 Å². The van der Waals surface area contributed by atoms with Gasteiger partial charge in [0, 0.05) is 32.9 Å². The normalized spacial score (nSPS) is 17.6. The van der Waals surface area contributed by atoms with E-state index in [1.54, 1.807) is 30.3 Å². The molecule has 43 heavy (non-hydrogen) atoms. The van der Waals surface area contributed by atoms with Crippen molar-refractivity contribution in [2.24, 2.45) is 0 Å². The van der Waals surface area contributed by atoms with Crippen LogP contribution in [0.25, 0.3) is 65.8 Å². The van der Waals surface area contributed by atoms with E-state index >= 15 is 0 Å². The average Bonchev–Trinajstić information content (AvgIpc) is 3.82. The zero-order chi connectivity index (χ0) is 44.0. The number of benzene rings is 7. The van der Waals surface area contributed by atoms with Crippen molar-refractivity contribution in [2.45, 2.75) is 0 Å². The number of rotatable bonds is 4. The Kier molecular flexibility index (Phi) is 2.66. The van der Waals surface area contributed by atoms with Gasteiger partial charge in [0.2, 0.25) is 0 Å². The summed E-state index contributed by atoms with van der Waals surface area (Å²) in [4.78, 5) is 0.683. The van der Waals surface area contributed by atoms with Crippen LogP contribution in [0, 0.1) is 0 Å². The summed E-state index contributed by atoms with van der Waals surface area (Å²) in [5.41, 5.74) is -2.18. The van der Waals surface area contributed by atoms with E-state index in [1.807, 2.05) is 6.07 Å². The topological polar surface area (TPSA) is 29.5 Å². The van der Waals surface area contributed by atoms with Crippen molar-refractivity contribution in [3.63, 3.8) is 0 Å². The molecule has 2 heterocycles. The third-order valence-corrected chi connectivity index (χ3v) is 7.16. The second-order valence-corrected chi connectivity index (χ2v) is 9.58. The Labute approximate surface area is 273 Å². The molecule has 2 aromatic heterocycles. The Hall–Kier alpha value is -5.80. The van der Waals surface area contributed by atoms with Crippen LogP contribution in [0.1, 0.15) is 24.7 Å². The van der Waals surface area contributed by atoms with Crippen LogP contribution >= 0.6 is 0 Å². The molecule has 0 unspecified atom stereocenters. The van der Waals surface area contributed by atoms with E-state index in [0.29, 0.717) is 21.5 Å². The molecule has 9 aromatic rings. The Morgan fingerprint density at radius 1 is 0.488 bits per heavy atom. The van der Waals surface area contributed by atoms with Crippen LogP contribution in [0.4, 0.5) is 17.1 Å². The van der Waals surface area contributed by atoms with Crippen LogP contribution in [0.15, 0.2) is 160 Å². The molecular weight excluding hydrogens is 526 g/mol. The van der Waals surface area contributed by atoms with Gasteiger partial charge in [-0.15, -0.1) is 0 Å². The van der Waals surface area contributed by atoms with Gasteiger partial charge in [0.05, 0.1) is 35.7 Å². The summed E-state index contributed by atoms with van der Waals surface area (Å²) in [7, 11) is 0. The first-order valence-corrected chi connectivity index (χ1v) is 13.1. The largest absolute Gasteiger partial charge is 0.456 e. The van der Waals surface area contributed by atoms with Crippen LogP contribution < -0.4 is 4.90 Å². The Morgan fingerprint density at radius 2 is 1.28 bits per heavy atom. The first-order chi connectivity index (χ1) is 28.8. The quantitative estimate of drug-likeness (QED) is 0.211. The number of hydrogen-bond acceptors (Lipinski definition) is 3. The van der Waals surface area contributed by atoms with Crippen LogP contribution in [-0.2, 0) is 0 Å². The standard InChI is InChI=1S/C40H25NO2/c1-2-10-29(11-3-1)41(35-14-8-16-38-39(35)33-23-19-27-9-4-5-12-31(27)40(33)43-38)30-21-17-26(18-22-30)28-20-24-37-34(25-28)32-13-6-7-15-36(32)42-37/h1-25H/i1D,2D,3D,4D,5D,8D,9D,10D,11D,12D,14D,16D,17D,18D,19D,21D,22D,23D. The second-order valence-electron chi connectivity index (χ2n) is 9.58. The fourth-order valence-electron chi connectivity index (χ4n) is 5.25. The highest BCUT2D eigenvalue weighted by Gasteiger charge is 2.20. The second kappa shape index (κ2) is 9.37. The first kappa shape index (κ1) is 12.2. The van der Waals surface area contributed by atoms with E-state index in [-0.39, 0.29) is 16.5 Å². The molecule has 0 aliphatic carbocycles. The molecule has 0 aliphatic rings. The fraction of sp³-hybridized carbons (Fsp3) is 0. The molecule has 0 N–H and O–H groups in total. The van der Waals surface area contributed by atoms with Gasteiger partial charge in [-0.3, -0.25) is 0 Å². The molecule has 0 saturated heterocycles. The van der Waals surface area contributed by atoms with Crippen molar-refractivity contribution in [2.75, 3.05) is 4.90 Å². The molecule has 3 nitrogen and oxygen atoms in total. The van der Waals surface area contributed by atoms with E-state index in [1.165, 1.54) is 6.07 Å². The predicted molar refractivity (Wildman–Crippen MR) is 179 cm³/mol. The highest BCUT2D eigenvalue weighted by Crippen LogP contribution is 2.44. The highest BCUT2D eigenvalue weighted by molar-refractivity contribution is 6.19.